The van der Waals surface area contributed by atoms with E-state index in [9.17, 15) is 4.79 Å². The van der Waals surface area contributed by atoms with Gasteiger partial charge in [0.1, 0.15) is 5.82 Å². The summed E-state index contributed by atoms with van der Waals surface area (Å²) in [5, 5.41) is 3.04. The van der Waals surface area contributed by atoms with Crippen LogP contribution in [0.15, 0.2) is 30.5 Å². The maximum atomic E-state index is 12.7. The molecule has 1 atom stereocenters. The molecule has 0 saturated carbocycles. The zero-order valence-electron chi connectivity index (χ0n) is 15.6. The summed E-state index contributed by atoms with van der Waals surface area (Å²) in [6, 6.07) is 7.14. The van der Waals surface area contributed by atoms with Gasteiger partial charge < -0.3 is 19.7 Å². The number of aromatic nitrogens is 1. The fraction of sp³-hybridized carbons (Fsp3) is 0.368. The Kier molecular flexibility index (Phi) is 5.85. The molecule has 0 spiro atoms. The SMILES string of the molecule is COc1cc(C)c([C@H](C)NC(=O)c2cccnc2N(C)C)cc1OC. The Morgan fingerprint density at radius 3 is 2.44 bits per heavy atom. The number of methoxy groups -OCH3 is 2. The van der Waals surface area contributed by atoms with Crippen LogP contribution in [0, 0.1) is 6.92 Å². The molecule has 0 bridgehead atoms. The largest absolute Gasteiger partial charge is 0.493 e. The highest BCUT2D eigenvalue weighted by Gasteiger charge is 2.19. The normalized spacial score (nSPS) is 11.6. The monoisotopic (exact) mass is 343 g/mol. The molecule has 0 fully saturated rings. The Labute approximate surface area is 148 Å². The van der Waals surface area contributed by atoms with Crippen molar-refractivity contribution in [2.45, 2.75) is 19.9 Å². The maximum absolute atomic E-state index is 12.7. The van der Waals surface area contributed by atoms with Gasteiger partial charge in [0.05, 0.1) is 25.8 Å². The summed E-state index contributed by atoms with van der Waals surface area (Å²) < 4.78 is 10.7. The zero-order valence-corrected chi connectivity index (χ0v) is 15.6. The third-order valence-corrected chi connectivity index (χ3v) is 4.04. The minimum Gasteiger partial charge on any atom is -0.493 e. The first-order valence-electron chi connectivity index (χ1n) is 8.04. The fourth-order valence-corrected chi connectivity index (χ4v) is 2.75. The Balaban J connectivity index is 2.28. The van der Waals surface area contributed by atoms with E-state index in [2.05, 4.69) is 10.3 Å². The first-order valence-corrected chi connectivity index (χ1v) is 8.04. The average Bonchev–Trinajstić information content (AvgIpc) is 2.61. The molecule has 1 N–H and O–H groups in total. The number of amides is 1. The number of nitrogens with one attached hydrogen (secondary N) is 1. The smallest absolute Gasteiger partial charge is 0.255 e. The molecule has 25 heavy (non-hydrogen) atoms. The van der Waals surface area contributed by atoms with E-state index in [0.29, 0.717) is 22.9 Å². The van der Waals surface area contributed by atoms with E-state index in [0.717, 1.165) is 11.1 Å². The number of hydrogen-bond acceptors (Lipinski definition) is 5. The lowest BCUT2D eigenvalue weighted by molar-refractivity contribution is 0.0940. The number of nitrogens with zero attached hydrogens (tertiary/aromatic N) is 2. The van der Waals surface area contributed by atoms with Gasteiger partial charge in [0.15, 0.2) is 11.5 Å². The van der Waals surface area contributed by atoms with Crippen LogP contribution in [0.1, 0.15) is 34.5 Å². The minimum atomic E-state index is -0.192. The molecule has 6 nitrogen and oxygen atoms in total. The second-order valence-electron chi connectivity index (χ2n) is 6.03. The number of pyridine rings is 1. The quantitative estimate of drug-likeness (QED) is 0.874. The Morgan fingerprint density at radius 1 is 1.20 bits per heavy atom. The molecule has 1 aromatic heterocycles. The first-order chi connectivity index (χ1) is 11.9. The summed E-state index contributed by atoms with van der Waals surface area (Å²) in [6.45, 7) is 3.92. The number of ether oxygens (including phenoxy) is 2. The van der Waals surface area contributed by atoms with Crippen molar-refractivity contribution in [3.05, 3.63) is 47.2 Å². The van der Waals surface area contributed by atoms with E-state index in [1.165, 1.54) is 0 Å². The first kappa shape index (κ1) is 18.6. The summed E-state index contributed by atoms with van der Waals surface area (Å²) in [7, 11) is 6.93. The number of rotatable bonds is 6. The molecule has 1 heterocycles. The van der Waals surface area contributed by atoms with Crippen LogP contribution in [-0.2, 0) is 0 Å². The van der Waals surface area contributed by atoms with E-state index < -0.39 is 0 Å². The minimum absolute atomic E-state index is 0.168. The standard InChI is InChI=1S/C19H25N3O3/c1-12-10-16(24-5)17(25-6)11-15(12)13(2)21-19(23)14-8-7-9-20-18(14)22(3)4/h7-11,13H,1-6H3,(H,21,23)/t13-/m0/s1. The summed E-state index contributed by atoms with van der Waals surface area (Å²) in [5.41, 5.74) is 2.53. The lowest BCUT2D eigenvalue weighted by atomic mass is 10.0. The second kappa shape index (κ2) is 7.88. The van der Waals surface area contributed by atoms with Crippen LogP contribution in [0.5, 0.6) is 11.5 Å². The van der Waals surface area contributed by atoms with Crippen molar-refractivity contribution >= 4 is 11.7 Å². The molecule has 0 saturated heterocycles. The Bertz CT molecular complexity index is 760. The van der Waals surface area contributed by atoms with Crippen LogP contribution in [0.3, 0.4) is 0 Å². The van der Waals surface area contributed by atoms with Crippen molar-refractivity contribution in [3.8, 4) is 11.5 Å². The van der Waals surface area contributed by atoms with Gasteiger partial charge in [-0.25, -0.2) is 4.98 Å². The van der Waals surface area contributed by atoms with Gasteiger partial charge in [0.2, 0.25) is 0 Å². The molecular formula is C19H25N3O3. The van der Waals surface area contributed by atoms with Gasteiger partial charge in [-0.05, 0) is 49.2 Å². The van der Waals surface area contributed by atoms with E-state index >= 15 is 0 Å². The predicted molar refractivity (Wildman–Crippen MR) is 98.7 cm³/mol. The number of benzene rings is 1. The Morgan fingerprint density at radius 2 is 1.84 bits per heavy atom. The molecule has 2 aromatic rings. The number of hydrogen-bond donors (Lipinski definition) is 1. The summed E-state index contributed by atoms with van der Waals surface area (Å²) in [5.74, 6) is 1.78. The molecule has 0 unspecified atom stereocenters. The summed E-state index contributed by atoms with van der Waals surface area (Å²) >= 11 is 0. The summed E-state index contributed by atoms with van der Waals surface area (Å²) in [6.07, 6.45) is 1.67. The lowest BCUT2D eigenvalue weighted by Gasteiger charge is -2.21. The number of carbonyl (C=O) groups excluding carboxylic acids is 1. The molecule has 0 aliphatic carbocycles. The number of anilines is 1. The molecule has 1 aromatic carbocycles. The molecule has 0 aliphatic rings. The summed E-state index contributed by atoms with van der Waals surface area (Å²) in [4.78, 5) is 18.8. The molecule has 2 rings (SSSR count). The average molecular weight is 343 g/mol. The lowest BCUT2D eigenvalue weighted by Crippen LogP contribution is -2.29. The number of aryl methyl sites for hydroxylation is 1. The van der Waals surface area contributed by atoms with Crippen LogP contribution in [0.25, 0.3) is 0 Å². The van der Waals surface area contributed by atoms with E-state index in [4.69, 9.17) is 9.47 Å². The molecule has 0 radical (unpaired) electrons. The van der Waals surface area contributed by atoms with Gasteiger partial charge in [-0.15, -0.1) is 0 Å². The van der Waals surface area contributed by atoms with E-state index in [-0.39, 0.29) is 11.9 Å². The molecule has 1 amide bonds. The predicted octanol–water partition coefficient (Wildman–Crippen LogP) is 2.96. The zero-order chi connectivity index (χ0) is 18.6. The van der Waals surface area contributed by atoms with Crippen molar-refractivity contribution in [1.82, 2.24) is 10.3 Å². The van der Waals surface area contributed by atoms with E-state index in [1.54, 1.807) is 32.5 Å². The highest BCUT2D eigenvalue weighted by molar-refractivity contribution is 5.99. The Hall–Kier alpha value is -2.76. The van der Waals surface area contributed by atoms with Crippen LogP contribution >= 0.6 is 0 Å². The van der Waals surface area contributed by atoms with Crippen molar-refractivity contribution in [2.24, 2.45) is 0 Å². The fourth-order valence-electron chi connectivity index (χ4n) is 2.75. The number of carbonyl (C=O) groups is 1. The van der Waals surface area contributed by atoms with Crippen molar-refractivity contribution in [2.75, 3.05) is 33.2 Å². The van der Waals surface area contributed by atoms with Crippen LogP contribution in [-0.4, -0.2) is 39.2 Å². The van der Waals surface area contributed by atoms with Crippen LogP contribution in [0.4, 0.5) is 5.82 Å². The molecule has 6 heteroatoms. The highest BCUT2D eigenvalue weighted by Crippen LogP contribution is 2.33. The van der Waals surface area contributed by atoms with Crippen LogP contribution in [0.2, 0.25) is 0 Å². The molecule has 0 aliphatic heterocycles. The van der Waals surface area contributed by atoms with Crippen molar-refractivity contribution in [1.29, 1.82) is 0 Å². The third-order valence-electron chi connectivity index (χ3n) is 4.04. The van der Waals surface area contributed by atoms with Gasteiger partial charge >= 0.3 is 0 Å². The molecule has 134 valence electrons. The van der Waals surface area contributed by atoms with Gasteiger partial charge in [-0.2, -0.15) is 0 Å². The van der Waals surface area contributed by atoms with E-state index in [1.807, 2.05) is 45.0 Å². The topological polar surface area (TPSA) is 63.7 Å². The maximum Gasteiger partial charge on any atom is 0.255 e. The second-order valence-corrected chi connectivity index (χ2v) is 6.03. The van der Waals surface area contributed by atoms with Crippen molar-refractivity contribution in [3.63, 3.8) is 0 Å². The van der Waals surface area contributed by atoms with Crippen LogP contribution < -0.4 is 19.7 Å². The van der Waals surface area contributed by atoms with Crippen molar-refractivity contribution < 1.29 is 14.3 Å². The highest BCUT2D eigenvalue weighted by atomic mass is 16.5. The van der Waals surface area contributed by atoms with Gasteiger partial charge in [0.25, 0.3) is 5.91 Å². The van der Waals surface area contributed by atoms with Gasteiger partial charge in [0, 0.05) is 20.3 Å². The van der Waals surface area contributed by atoms with Gasteiger partial charge in [-0.3, -0.25) is 4.79 Å². The van der Waals surface area contributed by atoms with Gasteiger partial charge in [-0.1, -0.05) is 0 Å². The molecular weight excluding hydrogens is 318 g/mol. The third kappa shape index (κ3) is 4.02.